The first-order valence-electron chi connectivity index (χ1n) is 6.92. The predicted octanol–water partition coefficient (Wildman–Crippen LogP) is 1.61. The van der Waals surface area contributed by atoms with Crippen LogP contribution in [0.25, 0.3) is 0 Å². The van der Waals surface area contributed by atoms with Crippen molar-refractivity contribution < 1.29 is 19.1 Å². The van der Waals surface area contributed by atoms with Crippen LogP contribution in [0, 0.1) is 0 Å². The van der Waals surface area contributed by atoms with Crippen LogP contribution in [0.3, 0.4) is 0 Å². The van der Waals surface area contributed by atoms with Crippen LogP contribution in [0.5, 0.6) is 0 Å². The number of nitrogens with zero attached hydrogens (tertiary/aromatic N) is 1. The Morgan fingerprint density at radius 3 is 2.70 bits per heavy atom. The van der Waals surface area contributed by atoms with E-state index in [4.69, 9.17) is 4.74 Å². The van der Waals surface area contributed by atoms with E-state index < -0.39 is 17.5 Å². The maximum atomic E-state index is 12.2. The lowest BCUT2D eigenvalue weighted by atomic mass is 9.95. The van der Waals surface area contributed by atoms with E-state index >= 15 is 0 Å². The monoisotopic (exact) mass is 282 g/mol. The normalized spacial score (nSPS) is 22.4. The van der Waals surface area contributed by atoms with Crippen LogP contribution in [0.15, 0.2) is 12.2 Å². The maximum Gasteiger partial charge on any atom is 0.330 e. The summed E-state index contributed by atoms with van der Waals surface area (Å²) in [6.07, 6.45) is 5.13. The van der Waals surface area contributed by atoms with E-state index in [2.05, 4.69) is 5.32 Å². The molecule has 0 saturated carbocycles. The van der Waals surface area contributed by atoms with Crippen molar-refractivity contribution in [2.24, 2.45) is 0 Å². The molecule has 0 radical (unpaired) electrons. The number of hydrogen-bond donors (Lipinski definition) is 1. The summed E-state index contributed by atoms with van der Waals surface area (Å²) in [6, 6.07) is -0.415. The molecule has 1 saturated heterocycles. The Kier molecular flexibility index (Phi) is 5.73. The molecule has 1 aliphatic heterocycles. The Hall–Kier alpha value is -1.85. The van der Waals surface area contributed by atoms with Gasteiger partial charge in [-0.2, -0.15) is 0 Å². The topological polar surface area (TPSA) is 75.7 Å². The minimum absolute atomic E-state index is 0.0746. The molecule has 0 spiro atoms. The molecular formula is C14H22N2O4. The fourth-order valence-electron chi connectivity index (χ4n) is 2.06. The number of unbranched alkanes of at least 4 members (excludes halogenated alkanes) is 1. The fourth-order valence-corrected chi connectivity index (χ4v) is 2.06. The zero-order chi connectivity index (χ0) is 15.2. The molecule has 1 heterocycles. The molecule has 112 valence electrons. The van der Waals surface area contributed by atoms with E-state index in [1.165, 1.54) is 12.2 Å². The third kappa shape index (κ3) is 3.82. The van der Waals surface area contributed by atoms with Gasteiger partial charge >= 0.3 is 12.0 Å². The van der Waals surface area contributed by atoms with Crippen LogP contribution in [-0.2, 0) is 14.3 Å². The molecule has 3 amide bonds. The fraction of sp³-hybridized carbons (Fsp3) is 0.643. The molecule has 1 N–H and O–H groups in total. The Labute approximate surface area is 119 Å². The van der Waals surface area contributed by atoms with Gasteiger partial charge in [-0.3, -0.25) is 9.69 Å². The summed E-state index contributed by atoms with van der Waals surface area (Å²) in [5, 5.41) is 2.72. The van der Waals surface area contributed by atoms with Gasteiger partial charge in [-0.1, -0.05) is 25.8 Å². The number of hydrogen-bond acceptors (Lipinski definition) is 4. The average Bonchev–Trinajstić information content (AvgIpc) is 2.60. The summed E-state index contributed by atoms with van der Waals surface area (Å²) in [7, 11) is 0. The van der Waals surface area contributed by atoms with Crippen LogP contribution >= 0.6 is 0 Å². The van der Waals surface area contributed by atoms with Crippen molar-refractivity contribution in [1.82, 2.24) is 10.2 Å². The molecule has 20 heavy (non-hydrogen) atoms. The Balaban J connectivity index is 2.61. The van der Waals surface area contributed by atoms with E-state index in [0.717, 1.165) is 17.7 Å². The lowest BCUT2D eigenvalue weighted by Crippen LogP contribution is -2.43. The van der Waals surface area contributed by atoms with Crippen LogP contribution in [0.4, 0.5) is 4.79 Å². The first kappa shape index (κ1) is 16.2. The second-order valence-corrected chi connectivity index (χ2v) is 4.94. The van der Waals surface area contributed by atoms with Crippen LogP contribution in [0.1, 0.15) is 40.0 Å². The highest BCUT2D eigenvalue weighted by Gasteiger charge is 2.46. The molecule has 1 rings (SSSR count). The summed E-state index contributed by atoms with van der Waals surface area (Å²) in [4.78, 5) is 36.3. The average molecular weight is 282 g/mol. The van der Waals surface area contributed by atoms with Gasteiger partial charge in [0.15, 0.2) is 0 Å². The summed E-state index contributed by atoms with van der Waals surface area (Å²) >= 11 is 0. The van der Waals surface area contributed by atoms with Crippen LogP contribution < -0.4 is 5.32 Å². The molecular weight excluding hydrogens is 260 g/mol. The first-order valence-corrected chi connectivity index (χ1v) is 6.92. The van der Waals surface area contributed by atoms with Gasteiger partial charge in [0.25, 0.3) is 5.91 Å². The smallest absolute Gasteiger partial charge is 0.330 e. The Bertz CT molecular complexity index is 419. The van der Waals surface area contributed by atoms with Gasteiger partial charge in [-0.15, -0.1) is 0 Å². The van der Waals surface area contributed by atoms with Crippen molar-refractivity contribution in [1.29, 1.82) is 0 Å². The SMILES string of the molecule is CCCCC1(C)NC(=O)N(C/C=C/C(=O)OCC)C1=O. The molecule has 1 aliphatic rings. The number of urea groups is 1. The molecule has 0 aromatic heterocycles. The lowest BCUT2D eigenvalue weighted by Gasteiger charge is -2.20. The van der Waals surface area contributed by atoms with E-state index in [1.807, 2.05) is 6.92 Å². The summed E-state index contributed by atoms with van der Waals surface area (Å²) in [5.74, 6) is -0.724. The maximum absolute atomic E-state index is 12.2. The number of ether oxygens (including phenoxy) is 1. The molecule has 6 nitrogen and oxygen atoms in total. The number of nitrogens with one attached hydrogen (secondary N) is 1. The van der Waals surface area contributed by atoms with Gasteiger partial charge in [0.1, 0.15) is 5.54 Å². The van der Waals surface area contributed by atoms with Crippen molar-refractivity contribution >= 4 is 17.9 Å². The number of rotatable bonds is 7. The Morgan fingerprint density at radius 1 is 1.40 bits per heavy atom. The van der Waals surface area contributed by atoms with E-state index in [0.29, 0.717) is 13.0 Å². The molecule has 0 aromatic carbocycles. The second-order valence-electron chi connectivity index (χ2n) is 4.94. The van der Waals surface area contributed by atoms with Gasteiger partial charge < -0.3 is 10.1 Å². The van der Waals surface area contributed by atoms with E-state index in [-0.39, 0.29) is 12.5 Å². The Morgan fingerprint density at radius 2 is 2.10 bits per heavy atom. The molecule has 0 bridgehead atoms. The molecule has 0 aliphatic carbocycles. The standard InChI is InChI=1S/C14H22N2O4/c1-4-6-9-14(3)12(18)16(13(19)15-14)10-7-8-11(17)20-5-2/h7-8H,4-6,9-10H2,1-3H3,(H,15,19)/b8-7+. The zero-order valence-electron chi connectivity index (χ0n) is 12.3. The van der Waals surface area contributed by atoms with Crippen molar-refractivity contribution in [3.8, 4) is 0 Å². The summed E-state index contributed by atoms with van der Waals surface area (Å²) < 4.78 is 4.72. The molecule has 1 fully saturated rings. The van der Waals surface area contributed by atoms with Crippen molar-refractivity contribution in [3.63, 3.8) is 0 Å². The minimum atomic E-state index is -0.829. The van der Waals surface area contributed by atoms with Gasteiger partial charge in [-0.25, -0.2) is 9.59 Å². The molecule has 1 atom stereocenters. The molecule has 1 unspecified atom stereocenters. The number of carbonyl (C=O) groups is 3. The quantitative estimate of drug-likeness (QED) is 0.437. The molecule has 0 aromatic rings. The van der Waals surface area contributed by atoms with Crippen molar-refractivity contribution in [3.05, 3.63) is 12.2 Å². The van der Waals surface area contributed by atoms with Crippen LogP contribution in [0.2, 0.25) is 0 Å². The van der Waals surface area contributed by atoms with Crippen molar-refractivity contribution in [2.75, 3.05) is 13.2 Å². The first-order chi connectivity index (χ1) is 9.44. The zero-order valence-corrected chi connectivity index (χ0v) is 12.3. The third-order valence-corrected chi connectivity index (χ3v) is 3.20. The van der Waals surface area contributed by atoms with Crippen molar-refractivity contribution in [2.45, 2.75) is 45.6 Å². The van der Waals surface area contributed by atoms with Crippen LogP contribution in [-0.4, -0.2) is 41.5 Å². The lowest BCUT2D eigenvalue weighted by molar-refractivity contribution is -0.137. The van der Waals surface area contributed by atoms with E-state index in [1.54, 1.807) is 13.8 Å². The van der Waals surface area contributed by atoms with Gasteiger partial charge in [0.05, 0.1) is 6.61 Å². The number of esters is 1. The van der Waals surface area contributed by atoms with E-state index in [9.17, 15) is 14.4 Å². The van der Waals surface area contributed by atoms with Gasteiger partial charge in [0.2, 0.25) is 0 Å². The summed E-state index contributed by atoms with van der Waals surface area (Å²) in [5.41, 5.74) is -0.829. The number of imide groups is 1. The highest BCUT2D eigenvalue weighted by Crippen LogP contribution is 2.23. The number of amides is 3. The minimum Gasteiger partial charge on any atom is -0.463 e. The highest BCUT2D eigenvalue weighted by molar-refractivity contribution is 6.06. The molecule has 6 heteroatoms. The van der Waals surface area contributed by atoms with Gasteiger partial charge in [-0.05, 0) is 20.3 Å². The third-order valence-electron chi connectivity index (χ3n) is 3.20. The summed E-state index contributed by atoms with van der Waals surface area (Å²) in [6.45, 7) is 5.84. The predicted molar refractivity (Wildman–Crippen MR) is 73.9 cm³/mol. The number of carbonyl (C=O) groups excluding carboxylic acids is 3. The second kappa shape index (κ2) is 7.07. The largest absolute Gasteiger partial charge is 0.463 e. The highest BCUT2D eigenvalue weighted by atomic mass is 16.5. The van der Waals surface area contributed by atoms with Gasteiger partial charge in [0, 0.05) is 12.6 Å².